The summed E-state index contributed by atoms with van der Waals surface area (Å²) in [6.07, 6.45) is 2.33. The highest BCUT2D eigenvalue weighted by Gasteiger charge is 2.18. The summed E-state index contributed by atoms with van der Waals surface area (Å²) in [4.78, 5) is 27.0. The molecular weight excluding hydrogens is 272 g/mol. The van der Waals surface area contributed by atoms with Crippen molar-refractivity contribution in [1.82, 2.24) is 10.3 Å². The minimum absolute atomic E-state index is 0.0443. The molecule has 2 N–H and O–H groups in total. The predicted molar refractivity (Wildman–Crippen MR) is 78.3 cm³/mol. The summed E-state index contributed by atoms with van der Waals surface area (Å²) >= 11 is 0. The molecule has 0 saturated heterocycles. The molecule has 1 aromatic heterocycles. The summed E-state index contributed by atoms with van der Waals surface area (Å²) in [5.74, 6) is -0.616. The van der Waals surface area contributed by atoms with Gasteiger partial charge in [-0.2, -0.15) is 0 Å². The molecule has 21 heavy (non-hydrogen) atoms. The number of aliphatic carboxylic acids is 1. The lowest BCUT2D eigenvalue weighted by atomic mass is 9.94. The number of carbonyl (C=O) groups is 2. The van der Waals surface area contributed by atoms with Crippen LogP contribution in [0.3, 0.4) is 0 Å². The Bertz CT molecular complexity index is 488. The fraction of sp³-hybridized carbons (Fsp3) is 0.533. The van der Waals surface area contributed by atoms with E-state index in [1.807, 2.05) is 13.8 Å². The standard InChI is InChI=1S/C15H22N2O4/c1-10(2)7-11(8-13(18)19)9-17-14(20)12-5-4-6-16-15(12)21-3/h4-6,10-11H,7-9H2,1-3H3,(H,17,20)(H,18,19)/t11-/m0/s1. The number of ether oxygens (including phenoxy) is 1. The monoisotopic (exact) mass is 294 g/mol. The lowest BCUT2D eigenvalue weighted by Crippen LogP contribution is -2.31. The number of amides is 1. The van der Waals surface area contributed by atoms with Crippen molar-refractivity contribution in [2.24, 2.45) is 11.8 Å². The molecule has 116 valence electrons. The van der Waals surface area contributed by atoms with E-state index in [0.29, 0.717) is 18.0 Å². The number of hydrogen-bond donors (Lipinski definition) is 2. The predicted octanol–water partition coefficient (Wildman–Crippen LogP) is 1.96. The van der Waals surface area contributed by atoms with E-state index in [1.165, 1.54) is 7.11 Å². The van der Waals surface area contributed by atoms with Crippen LogP contribution in [0.5, 0.6) is 5.88 Å². The van der Waals surface area contributed by atoms with Crippen LogP contribution in [0.15, 0.2) is 18.3 Å². The topological polar surface area (TPSA) is 88.5 Å². The van der Waals surface area contributed by atoms with Gasteiger partial charge in [0.2, 0.25) is 5.88 Å². The van der Waals surface area contributed by atoms with E-state index in [0.717, 1.165) is 6.42 Å². The molecule has 0 saturated carbocycles. The highest BCUT2D eigenvalue weighted by molar-refractivity contribution is 5.96. The van der Waals surface area contributed by atoms with Crippen LogP contribution in [0.1, 0.15) is 37.0 Å². The van der Waals surface area contributed by atoms with E-state index >= 15 is 0 Å². The number of carboxylic acids is 1. The number of aromatic nitrogens is 1. The second-order valence-electron chi connectivity index (χ2n) is 5.36. The fourth-order valence-corrected chi connectivity index (χ4v) is 2.21. The summed E-state index contributed by atoms with van der Waals surface area (Å²) < 4.78 is 5.04. The van der Waals surface area contributed by atoms with Gasteiger partial charge in [0.1, 0.15) is 5.56 Å². The van der Waals surface area contributed by atoms with Crippen LogP contribution in [-0.4, -0.2) is 35.6 Å². The first-order chi connectivity index (χ1) is 9.93. The molecule has 6 nitrogen and oxygen atoms in total. The fourth-order valence-electron chi connectivity index (χ4n) is 2.21. The van der Waals surface area contributed by atoms with Crippen molar-refractivity contribution < 1.29 is 19.4 Å². The van der Waals surface area contributed by atoms with Gasteiger partial charge < -0.3 is 15.2 Å². The average molecular weight is 294 g/mol. The Morgan fingerprint density at radius 2 is 2.14 bits per heavy atom. The largest absolute Gasteiger partial charge is 0.481 e. The van der Waals surface area contributed by atoms with E-state index in [2.05, 4.69) is 10.3 Å². The quantitative estimate of drug-likeness (QED) is 0.765. The molecule has 0 unspecified atom stereocenters. The normalized spacial score (nSPS) is 12.0. The number of nitrogens with one attached hydrogen (secondary N) is 1. The van der Waals surface area contributed by atoms with E-state index < -0.39 is 5.97 Å². The molecule has 0 spiro atoms. The molecule has 0 aliphatic heterocycles. The van der Waals surface area contributed by atoms with Gasteiger partial charge in [-0.05, 0) is 30.4 Å². The zero-order chi connectivity index (χ0) is 15.8. The highest BCUT2D eigenvalue weighted by Crippen LogP contribution is 2.16. The molecule has 0 bridgehead atoms. The molecule has 0 fully saturated rings. The Morgan fingerprint density at radius 3 is 2.71 bits per heavy atom. The molecule has 1 atom stereocenters. The maximum absolute atomic E-state index is 12.1. The molecule has 0 aliphatic rings. The van der Waals surface area contributed by atoms with Crippen LogP contribution >= 0.6 is 0 Å². The number of nitrogens with zero attached hydrogens (tertiary/aromatic N) is 1. The summed E-state index contributed by atoms with van der Waals surface area (Å²) in [6.45, 7) is 4.38. The number of rotatable bonds is 8. The Labute approximate surface area is 124 Å². The number of methoxy groups -OCH3 is 1. The SMILES string of the molecule is COc1ncccc1C(=O)NC[C@H](CC(=O)O)CC(C)C. The van der Waals surface area contributed by atoms with Crippen molar-refractivity contribution in [1.29, 1.82) is 0 Å². The first kappa shape index (κ1) is 16.9. The summed E-state index contributed by atoms with van der Waals surface area (Å²) in [5, 5.41) is 11.7. The Kier molecular flexibility index (Phi) is 6.65. The van der Waals surface area contributed by atoms with Gasteiger partial charge in [-0.25, -0.2) is 4.98 Å². The smallest absolute Gasteiger partial charge is 0.303 e. The van der Waals surface area contributed by atoms with Gasteiger partial charge in [0, 0.05) is 19.2 Å². The molecule has 1 aromatic rings. The van der Waals surface area contributed by atoms with E-state index in [4.69, 9.17) is 9.84 Å². The van der Waals surface area contributed by atoms with Crippen molar-refractivity contribution in [2.45, 2.75) is 26.7 Å². The summed E-state index contributed by atoms with van der Waals surface area (Å²) in [7, 11) is 1.45. The van der Waals surface area contributed by atoms with Gasteiger partial charge >= 0.3 is 5.97 Å². The molecule has 0 aromatic carbocycles. The second kappa shape index (κ2) is 8.24. The number of pyridine rings is 1. The Hall–Kier alpha value is -2.11. The van der Waals surface area contributed by atoms with Crippen molar-refractivity contribution in [3.05, 3.63) is 23.9 Å². The van der Waals surface area contributed by atoms with E-state index in [9.17, 15) is 9.59 Å². The minimum Gasteiger partial charge on any atom is -0.481 e. The molecular formula is C15H22N2O4. The van der Waals surface area contributed by atoms with Crippen molar-refractivity contribution in [2.75, 3.05) is 13.7 Å². The number of carbonyl (C=O) groups excluding carboxylic acids is 1. The molecule has 1 rings (SSSR count). The molecule has 1 amide bonds. The highest BCUT2D eigenvalue weighted by atomic mass is 16.5. The van der Waals surface area contributed by atoms with Gasteiger partial charge in [0.25, 0.3) is 5.91 Å². The third-order valence-corrected chi connectivity index (χ3v) is 3.03. The summed E-state index contributed by atoms with van der Waals surface area (Å²) in [5.41, 5.74) is 0.346. The first-order valence-corrected chi connectivity index (χ1v) is 6.93. The van der Waals surface area contributed by atoms with Crippen molar-refractivity contribution in [3.8, 4) is 5.88 Å². The third-order valence-electron chi connectivity index (χ3n) is 3.03. The average Bonchev–Trinajstić information content (AvgIpc) is 2.43. The van der Waals surface area contributed by atoms with Crippen molar-refractivity contribution >= 4 is 11.9 Å². The van der Waals surface area contributed by atoms with Crippen LogP contribution < -0.4 is 10.1 Å². The minimum atomic E-state index is -0.853. The number of hydrogen-bond acceptors (Lipinski definition) is 4. The maximum atomic E-state index is 12.1. The lowest BCUT2D eigenvalue weighted by molar-refractivity contribution is -0.138. The van der Waals surface area contributed by atoms with E-state index in [-0.39, 0.29) is 24.1 Å². The molecule has 0 aliphatic carbocycles. The molecule has 6 heteroatoms. The van der Waals surface area contributed by atoms with E-state index in [1.54, 1.807) is 18.3 Å². The lowest BCUT2D eigenvalue weighted by Gasteiger charge is -2.18. The third kappa shape index (κ3) is 5.81. The Morgan fingerprint density at radius 1 is 1.43 bits per heavy atom. The van der Waals surface area contributed by atoms with Crippen LogP contribution in [0, 0.1) is 11.8 Å². The zero-order valence-corrected chi connectivity index (χ0v) is 12.6. The first-order valence-electron chi connectivity index (χ1n) is 6.93. The van der Waals surface area contributed by atoms with Crippen LogP contribution in [-0.2, 0) is 4.79 Å². The zero-order valence-electron chi connectivity index (χ0n) is 12.6. The Balaban J connectivity index is 2.66. The summed E-state index contributed by atoms with van der Waals surface area (Å²) in [6, 6.07) is 3.27. The molecule has 0 radical (unpaired) electrons. The van der Waals surface area contributed by atoms with Gasteiger partial charge in [-0.1, -0.05) is 13.8 Å². The van der Waals surface area contributed by atoms with Gasteiger partial charge in [0.15, 0.2) is 0 Å². The maximum Gasteiger partial charge on any atom is 0.303 e. The molecule has 1 heterocycles. The van der Waals surface area contributed by atoms with Crippen LogP contribution in [0.4, 0.5) is 0 Å². The van der Waals surface area contributed by atoms with Gasteiger partial charge in [-0.15, -0.1) is 0 Å². The number of carboxylic acid groups (broad SMARTS) is 1. The van der Waals surface area contributed by atoms with Crippen molar-refractivity contribution in [3.63, 3.8) is 0 Å². The van der Waals surface area contributed by atoms with Crippen LogP contribution in [0.25, 0.3) is 0 Å². The second-order valence-corrected chi connectivity index (χ2v) is 5.36. The van der Waals surface area contributed by atoms with Gasteiger partial charge in [-0.3, -0.25) is 9.59 Å². The van der Waals surface area contributed by atoms with Gasteiger partial charge in [0.05, 0.1) is 7.11 Å². The van der Waals surface area contributed by atoms with Crippen LogP contribution in [0.2, 0.25) is 0 Å².